The molecule has 0 aliphatic heterocycles. The molecule has 0 saturated carbocycles. The van der Waals surface area contributed by atoms with Gasteiger partial charge in [0.25, 0.3) is 11.1 Å². The van der Waals surface area contributed by atoms with E-state index in [1.54, 1.807) is 5.38 Å². The zero-order valence-corrected chi connectivity index (χ0v) is 17.9. The predicted molar refractivity (Wildman–Crippen MR) is 125 cm³/mol. The first-order valence-electron chi connectivity index (χ1n) is 9.48. The second kappa shape index (κ2) is 9.55. The Hall–Kier alpha value is -3.48. The highest BCUT2D eigenvalue weighted by molar-refractivity contribution is 7.13. The summed E-state index contributed by atoms with van der Waals surface area (Å²) in [5.74, 6) is 0.268. The molecule has 0 spiro atoms. The average Bonchev–Trinajstić information content (AvgIpc) is 3.26. The van der Waals surface area contributed by atoms with E-state index < -0.39 is 10.8 Å². The fourth-order valence-corrected chi connectivity index (χ4v) is 4.12. The Kier molecular flexibility index (Phi) is 6.40. The minimum Gasteiger partial charge on any atom is -0.344 e. The van der Waals surface area contributed by atoms with E-state index in [9.17, 15) is 4.79 Å². The lowest BCUT2D eigenvalue weighted by Gasteiger charge is -2.36. The monoisotopic (exact) mass is 447 g/mol. The number of carbonyl (C=O) groups excluding carboxylic acids is 1. The minimum absolute atomic E-state index is 0.268. The van der Waals surface area contributed by atoms with Crippen LogP contribution in [0, 0.1) is 0 Å². The van der Waals surface area contributed by atoms with Crippen molar-refractivity contribution < 1.29 is 9.63 Å². The van der Waals surface area contributed by atoms with Gasteiger partial charge in [-0.15, -0.1) is 11.3 Å². The molecule has 4 aromatic rings. The van der Waals surface area contributed by atoms with Crippen molar-refractivity contribution in [3.63, 3.8) is 0 Å². The third kappa shape index (κ3) is 4.66. The molecule has 3 aromatic carbocycles. The molecule has 1 aromatic heterocycles. The van der Waals surface area contributed by atoms with Crippen molar-refractivity contribution in [3.8, 4) is 5.88 Å². The molecule has 0 unspecified atom stereocenters. The number of oxime groups is 1. The first-order chi connectivity index (χ1) is 15.2. The Balaban J connectivity index is 1.82. The first-order valence-corrected chi connectivity index (χ1v) is 10.7. The van der Waals surface area contributed by atoms with Crippen molar-refractivity contribution in [1.82, 2.24) is 4.98 Å². The van der Waals surface area contributed by atoms with Gasteiger partial charge in [0.05, 0.1) is 5.38 Å². The van der Waals surface area contributed by atoms with Gasteiger partial charge in [0.1, 0.15) is 11.8 Å². The number of rotatable bonds is 8. The zero-order valence-electron chi connectivity index (χ0n) is 16.3. The van der Waals surface area contributed by atoms with E-state index in [4.69, 9.17) is 16.4 Å². The molecular formula is C24H18ClN3O2S. The number of thiazole rings is 1. The Morgan fingerprint density at radius 2 is 1.39 bits per heavy atom. The molecular weight excluding hydrogens is 430 g/mol. The maximum absolute atomic E-state index is 10.8. The third-order valence-electron chi connectivity index (χ3n) is 4.70. The lowest BCUT2D eigenvalue weighted by atomic mass is 9.77. The number of carbonyl (C=O) groups is 1. The van der Waals surface area contributed by atoms with Gasteiger partial charge >= 0.3 is 0 Å². The average molecular weight is 448 g/mol. The Bertz CT molecular complexity index is 1070. The number of anilines is 1. The highest BCUT2D eigenvalue weighted by atomic mass is 35.5. The van der Waals surface area contributed by atoms with Crippen molar-refractivity contribution in [3.05, 3.63) is 113 Å². The highest BCUT2D eigenvalue weighted by Gasteiger charge is 2.37. The molecule has 1 heterocycles. The number of nitrogens with zero attached hydrogens (tertiary/aromatic N) is 2. The maximum atomic E-state index is 10.8. The molecule has 154 valence electrons. The molecule has 31 heavy (non-hydrogen) atoms. The van der Waals surface area contributed by atoms with Crippen LogP contribution in [0.4, 0.5) is 5.13 Å². The van der Waals surface area contributed by atoms with Gasteiger partial charge in [-0.25, -0.2) is 0 Å². The van der Waals surface area contributed by atoms with Gasteiger partial charge in [-0.3, -0.25) is 4.79 Å². The summed E-state index contributed by atoms with van der Waals surface area (Å²) in [6.45, 7) is 0. The van der Waals surface area contributed by atoms with Crippen LogP contribution in [0.15, 0.2) is 102 Å². The molecule has 0 aliphatic carbocycles. The summed E-state index contributed by atoms with van der Waals surface area (Å²) in [5.41, 5.74) is 2.51. The van der Waals surface area contributed by atoms with E-state index in [-0.39, 0.29) is 5.88 Å². The van der Waals surface area contributed by atoms with Crippen LogP contribution in [-0.4, -0.2) is 16.4 Å². The minimum atomic E-state index is -0.718. The van der Waals surface area contributed by atoms with Gasteiger partial charge in [0.15, 0.2) is 5.13 Å². The molecule has 0 amide bonds. The molecule has 1 N–H and O–H groups in total. The molecule has 0 atom stereocenters. The van der Waals surface area contributed by atoms with E-state index in [1.165, 1.54) is 11.3 Å². The zero-order chi connectivity index (χ0) is 21.5. The Labute approximate surface area is 189 Å². The van der Waals surface area contributed by atoms with Gasteiger partial charge in [0.2, 0.25) is 0 Å². The number of hydrogen-bond donors (Lipinski definition) is 1. The number of hydrogen-bond acceptors (Lipinski definition) is 6. The summed E-state index contributed by atoms with van der Waals surface area (Å²) in [7, 11) is 0. The fraction of sp³-hybridized carbons (Fsp3) is 0.0417. The van der Waals surface area contributed by atoms with Crippen LogP contribution < -0.4 is 10.2 Å². The molecule has 0 bridgehead atoms. The predicted octanol–water partition coefficient (Wildman–Crippen LogP) is 5.68. The summed E-state index contributed by atoms with van der Waals surface area (Å²) >= 11 is 6.62. The van der Waals surface area contributed by atoms with Crippen LogP contribution in [0.25, 0.3) is 0 Å². The van der Waals surface area contributed by atoms with Crippen molar-refractivity contribution in [1.29, 1.82) is 0 Å². The molecule has 0 radical (unpaired) electrons. The van der Waals surface area contributed by atoms with Crippen LogP contribution in [0.2, 0.25) is 0 Å². The number of benzene rings is 3. The SMILES string of the molecule is O=C(Cl)/C=N\Oc1csc(NC(c2ccccc2)(c2ccccc2)c2ccccc2)n1. The molecule has 4 rings (SSSR count). The Morgan fingerprint density at radius 1 is 0.903 bits per heavy atom. The Morgan fingerprint density at radius 3 is 1.84 bits per heavy atom. The summed E-state index contributed by atoms with van der Waals surface area (Å²) in [5, 5.41) is 8.81. The molecule has 5 nitrogen and oxygen atoms in total. The molecule has 7 heteroatoms. The lowest BCUT2D eigenvalue weighted by Crippen LogP contribution is -2.38. The van der Waals surface area contributed by atoms with Gasteiger partial charge in [-0.2, -0.15) is 4.98 Å². The van der Waals surface area contributed by atoms with Crippen molar-refractivity contribution in [2.75, 3.05) is 5.32 Å². The second-order valence-electron chi connectivity index (χ2n) is 6.59. The highest BCUT2D eigenvalue weighted by Crippen LogP contribution is 2.41. The maximum Gasteiger partial charge on any atom is 0.266 e. The summed E-state index contributed by atoms with van der Waals surface area (Å²) in [4.78, 5) is 20.4. The summed E-state index contributed by atoms with van der Waals surface area (Å²) in [6, 6.07) is 30.7. The lowest BCUT2D eigenvalue weighted by molar-refractivity contribution is -0.105. The molecule has 0 saturated heterocycles. The van der Waals surface area contributed by atoms with Gasteiger partial charge < -0.3 is 10.2 Å². The van der Waals surface area contributed by atoms with Crippen LogP contribution >= 0.6 is 22.9 Å². The number of halogens is 1. The van der Waals surface area contributed by atoms with Crippen molar-refractivity contribution in [2.45, 2.75) is 5.54 Å². The van der Waals surface area contributed by atoms with E-state index >= 15 is 0 Å². The quantitative estimate of drug-likeness (QED) is 0.163. The van der Waals surface area contributed by atoms with E-state index in [2.05, 4.69) is 51.9 Å². The molecule has 0 aliphatic rings. The largest absolute Gasteiger partial charge is 0.344 e. The van der Waals surface area contributed by atoms with E-state index in [0.29, 0.717) is 5.13 Å². The standard InChI is InChI=1S/C24H18ClN3O2S/c25-21(29)16-26-30-22-17-31-23(27-22)28-24(18-10-4-1-5-11-18,19-12-6-2-7-13-19)20-14-8-3-9-15-20/h1-17H,(H,27,28)/b26-16-. The second-order valence-corrected chi connectivity index (χ2v) is 7.82. The van der Waals surface area contributed by atoms with Crippen LogP contribution in [0.5, 0.6) is 5.88 Å². The fourth-order valence-electron chi connectivity index (χ4n) is 3.42. The normalized spacial score (nSPS) is 11.4. The summed E-state index contributed by atoms with van der Waals surface area (Å²) in [6.07, 6.45) is 0.885. The molecule has 0 fully saturated rings. The topological polar surface area (TPSA) is 63.6 Å². The summed E-state index contributed by atoms with van der Waals surface area (Å²) < 4.78 is 0. The number of aromatic nitrogens is 1. The smallest absolute Gasteiger partial charge is 0.266 e. The third-order valence-corrected chi connectivity index (χ3v) is 5.53. The van der Waals surface area contributed by atoms with Gasteiger partial charge in [0, 0.05) is 0 Å². The van der Waals surface area contributed by atoms with E-state index in [0.717, 1.165) is 22.9 Å². The van der Waals surface area contributed by atoms with E-state index in [1.807, 2.05) is 54.6 Å². The van der Waals surface area contributed by atoms with Crippen LogP contribution in [-0.2, 0) is 10.3 Å². The first kappa shape index (κ1) is 20.8. The van der Waals surface area contributed by atoms with Crippen molar-refractivity contribution >= 4 is 39.5 Å². The van der Waals surface area contributed by atoms with Crippen LogP contribution in [0.3, 0.4) is 0 Å². The van der Waals surface area contributed by atoms with Crippen LogP contribution in [0.1, 0.15) is 16.7 Å². The number of nitrogens with one attached hydrogen (secondary N) is 1. The van der Waals surface area contributed by atoms with Gasteiger partial charge in [-0.05, 0) is 28.3 Å². The van der Waals surface area contributed by atoms with Crippen molar-refractivity contribution in [2.24, 2.45) is 5.16 Å². The van der Waals surface area contributed by atoms with Gasteiger partial charge in [-0.1, -0.05) is 96.2 Å².